The molecule has 0 aliphatic rings. The van der Waals surface area contributed by atoms with Gasteiger partial charge >= 0.3 is 0 Å². The largest absolute Gasteiger partial charge is 0.493 e. The number of fused-ring (bicyclic) bond motifs is 1. The quantitative estimate of drug-likeness (QED) is 0.228. The first kappa shape index (κ1) is 23.3. The number of carbonyl (C=O) groups excluding carboxylic acids is 1. The Labute approximate surface area is 190 Å². The summed E-state index contributed by atoms with van der Waals surface area (Å²) in [7, 11) is 0. The molecule has 0 spiro atoms. The first-order valence-corrected chi connectivity index (χ1v) is 11.4. The minimum absolute atomic E-state index is 0.0457. The molecule has 0 saturated carbocycles. The van der Waals surface area contributed by atoms with Gasteiger partial charge in [-0.3, -0.25) is 4.79 Å². The lowest BCUT2D eigenvalue weighted by atomic mass is 10.1. The van der Waals surface area contributed by atoms with Crippen LogP contribution in [0.1, 0.15) is 37.6 Å². The summed E-state index contributed by atoms with van der Waals surface area (Å²) in [6, 6.07) is 16.4. The van der Waals surface area contributed by atoms with Crippen molar-refractivity contribution in [1.82, 2.24) is 14.9 Å². The number of amides is 1. The molecule has 0 saturated heterocycles. The Bertz CT molecular complexity index is 1050. The van der Waals surface area contributed by atoms with Gasteiger partial charge in [-0.05, 0) is 62.4 Å². The second-order valence-corrected chi connectivity index (χ2v) is 7.72. The van der Waals surface area contributed by atoms with Crippen molar-refractivity contribution < 1.29 is 9.53 Å². The van der Waals surface area contributed by atoms with Gasteiger partial charge in [-0.15, -0.1) is 6.58 Å². The third-order valence-electron chi connectivity index (χ3n) is 5.30. The maximum Gasteiger partial charge on any atom is 0.243 e. The Morgan fingerprint density at radius 3 is 2.78 bits per heavy atom. The van der Waals surface area contributed by atoms with Crippen molar-refractivity contribution in [1.29, 1.82) is 0 Å². The van der Waals surface area contributed by atoms with Crippen molar-refractivity contribution in [2.24, 2.45) is 0 Å². The highest BCUT2D eigenvalue weighted by molar-refractivity contribution is 5.87. The van der Waals surface area contributed by atoms with Crippen molar-refractivity contribution in [2.45, 2.75) is 45.6 Å². The molecule has 2 aromatic carbocycles. The van der Waals surface area contributed by atoms with E-state index in [0.29, 0.717) is 13.2 Å². The van der Waals surface area contributed by atoms with E-state index in [4.69, 9.17) is 9.72 Å². The van der Waals surface area contributed by atoms with Crippen molar-refractivity contribution in [3.05, 3.63) is 84.7 Å². The lowest BCUT2D eigenvalue weighted by Crippen LogP contribution is -2.22. The maximum absolute atomic E-state index is 11.6. The van der Waals surface area contributed by atoms with E-state index in [1.54, 1.807) is 12.2 Å². The summed E-state index contributed by atoms with van der Waals surface area (Å²) in [5.41, 5.74) is 3.36. The number of ether oxygens (including phenoxy) is 1. The molecule has 1 amide bonds. The van der Waals surface area contributed by atoms with Crippen LogP contribution < -0.4 is 10.1 Å². The maximum atomic E-state index is 11.6. The topological polar surface area (TPSA) is 56.1 Å². The molecule has 3 aromatic rings. The zero-order chi connectivity index (χ0) is 22.6. The van der Waals surface area contributed by atoms with Crippen molar-refractivity contribution in [3.63, 3.8) is 0 Å². The summed E-state index contributed by atoms with van der Waals surface area (Å²) in [5, 5.41) is 2.91. The monoisotopic (exact) mass is 431 g/mol. The zero-order valence-electron chi connectivity index (χ0n) is 18.9. The van der Waals surface area contributed by atoms with E-state index < -0.39 is 0 Å². The lowest BCUT2D eigenvalue weighted by molar-refractivity contribution is -0.116. The molecular weight excluding hydrogens is 398 g/mol. The van der Waals surface area contributed by atoms with E-state index >= 15 is 0 Å². The standard InChI is InChI=1S/C27H33N3O2/c1-3-12-22-14-5-8-17-25(22)32-21-10-9-20-30-24-16-7-6-15-23(24)29-26(30)18-11-19-28-27(31)13-4-2/h3-8,13-17H,1,9-12,18-21H2,2H3,(H,28,31)/b13-4-. The highest BCUT2D eigenvalue weighted by atomic mass is 16.5. The molecule has 0 bridgehead atoms. The summed E-state index contributed by atoms with van der Waals surface area (Å²) in [6.45, 7) is 7.90. The lowest BCUT2D eigenvalue weighted by Gasteiger charge is -2.12. The second-order valence-electron chi connectivity index (χ2n) is 7.72. The van der Waals surface area contributed by atoms with Crippen LogP contribution in [0.2, 0.25) is 0 Å². The average molecular weight is 432 g/mol. The Morgan fingerprint density at radius 2 is 1.94 bits per heavy atom. The van der Waals surface area contributed by atoms with Crippen molar-refractivity contribution in [2.75, 3.05) is 13.2 Å². The van der Waals surface area contributed by atoms with Crippen LogP contribution in [0.3, 0.4) is 0 Å². The number of unbranched alkanes of at least 4 members (excludes halogenated alkanes) is 1. The Morgan fingerprint density at radius 1 is 1.12 bits per heavy atom. The van der Waals surface area contributed by atoms with Gasteiger partial charge in [0.2, 0.25) is 5.91 Å². The number of carbonyl (C=O) groups is 1. The zero-order valence-corrected chi connectivity index (χ0v) is 18.9. The summed E-state index contributed by atoms with van der Waals surface area (Å²) >= 11 is 0. The van der Waals surface area contributed by atoms with Crippen molar-refractivity contribution >= 4 is 16.9 Å². The number of hydrogen-bond acceptors (Lipinski definition) is 3. The molecule has 0 aliphatic heterocycles. The molecule has 168 valence electrons. The molecule has 0 unspecified atom stereocenters. The number of aromatic nitrogens is 2. The SMILES string of the molecule is C=CCc1ccccc1OCCCCn1c(CCCNC(=O)/C=C\C)nc2ccccc21. The highest BCUT2D eigenvalue weighted by Crippen LogP contribution is 2.20. The molecule has 0 fully saturated rings. The normalized spacial score (nSPS) is 11.2. The fourth-order valence-electron chi connectivity index (χ4n) is 3.76. The fourth-order valence-corrected chi connectivity index (χ4v) is 3.76. The minimum Gasteiger partial charge on any atom is -0.493 e. The summed E-state index contributed by atoms with van der Waals surface area (Å²) in [5.74, 6) is 1.97. The number of hydrogen-bond donors (Lipinski definition) is 1. The van der Waals surface area contributed by atoms with E-state index in [0.717, 1.165) is 61.3 Å². The molecule has 0 aliphatic carbocycles. The number of imidazole rings is 1. The molecule has 1 heterocycles. The Hall–Kier alpha value is -3.34. The number of nitrogens with zero attached hydrogens (tertiary/aromatic N) is 2. The van der Waals surface area contributed by atoms with E-state index in [1.165, 1.54) is 5.56 Å². The van der Waals surface area contributed by atoms with Crippen LogP contribution in [0, 0.1) is 0 Å². The van der Waals surface area contributed by atoms with Crippen LogP contribution >= 0.6 is 0 Å². The second kappa shape index (κ2) is 12.5. The Balaban J connectivity index is 1.54. The number of allylic oxidation sites excluding steroid dienone is 2. The van der Waals surface area contributed by atoms with Crippen LogP contribution in [-0.2, 0) is 24.2 Å². The number of aryl methyl sites for hydroxylation is 2. The van der Waals surface area contributed by atoms with Gasteiger partial charge in [0.15, 0.2) is 0 Å². The summed E-state index contributed by atoms with van der Waals surface area (Å²) in [6.07, 6.45) is 9.67. The molecule has 0 atom stereocenters. The molecule has 3 rings (SSSR count). The number of benzene rings is 2. The van der Waals surface area contributed by atoms with Crippen LogP contribution in [0.5, 0.6) is 5.75 Å². The third-order valence-corrected chi connectivity index (χ3v) is 5.30. The number of rotatable bonds is 13. The average Bonchev–Trinajstić information content (AvgIpc) is 3.15. The number of para-hydroxylation sites is 3. The van der Waals surface area contributed by atoms with Crippen LogP contribution in [0.15, 0.2) is 73.3 Å². The summed E-state index contributed by atoms with van der Waals surface area (Å²) in [4.78, 5) is 16.4. The van der Waals surface area contributed by atoms with Gasteiger partial charge in [-0.1, -0.05) is 42.5 Å². The molecule has 32 heavy (non-hydrogen) atoms. The molecule has 1 N–H and O–H groups in total. The molecule has 5 heteroatoms. The van der Waals surface area contributed by atoms with Gasteiger partial charge < -0.3 is 14.6 Å². The van der Waals surface area contributed by atoms with E-state index in [9.17, 15) is 4.79 Å². The minimum atomic E-state index is -0.0457. The molecular formula is C27H33N3O2. The van der Waals surface area contributed by atoms with E-state index in [2.05, 4.69) is 40.7 Å². The van der Waals surface area contributed by atoms with Crippen LogP contribution in [0.25, 0.3) is 11.0 Å². The highest BCUT2D eigenvalue weighted by Gasteiger charge is 2.10. The predicted octanol–water partition coefficient (Wildman–Crippen LogP) is 5.25. The van der Waals surface area contributed by atoms with Gasteiger partial charge in [0, 0.05) is 19.5 Å². The smallest absolute Gasteiger partial charge is 0.243 e. The van der Waals surface area contributed by atoms with Gasteiger partial charge in [0.05, 0.1) is 17.6 Å². The molecule has 0 radical (unpaired) electrons. The van der Waals surface area contributed by atoms with E-state index in [-0.39, 0.29) is 5.91 Å². The van der Waals surface area contributed by atoms with Gasteiger partial charge in [-0.25, -0.2) is 4.98 Å². The molecule has 5 nitrogen and oxygen atoms in total. The number of nitrogens with one attached hydrogen (secondary N) is 1. The first-order chi connectivity index (χ1) is 15.7. The first-order valence-electron chi connectivity index (χ1n) is 11.4. The summed E-state index contributed by atoms with van der Waals surface area (Å²) < 4.78 is 8.34. The van der Waals surface area contributed by atoms with E-state index in [1.807, 2.05) is 37.3 Å². The predicted molar refractivity (Wildman–Crippen MR) is 131 cm³/mol. The van der Waals surface area contributed by atoms with Crippen molar-refractivity contribution in [3.8, 4) is 5.75 Å². The molecule has 1 aromatic heterocycles. The van der Waals surface area contributed by atoms with Gasteiger partial charge in [0.1, 0.15) is 11.6 Å². The van der Waals surface area contributed by atoms with Crippen LogP contribution in [0.4, 0.5) is 0 Å². The fraction of sp³-hybridized carbons (Fsp3) is 0.333. The Kier molecular flexibility index (Phi) is 9.11. The van der Waals surface area contributed by atoms with Crippen LogP contribution in [-0.4, -0.2) is 28.6 Å². The van der Waals surface area contributed by atoms with Gasteiger partial charge in [0.25, 0.3) is 0 Å². The van der Waals surface area contributed by atoms with Gasteiger partial charge in [-0.2, -0.15) is 0 Å². The third kappa shape index (κ3) is 6.58.